The van der Waals surface area contributed by atoms with Gasteiger partial charge in [-0.2, -0.15) is 0 Å². The molecule has 1 aromatic rings. The summed E-state index contributed by atoms with van der Waals surface area (Å²) in [5.41, 5.74) is 1.20. The van der Waals surface area contributed by atoms with Crippen molar-refractivity contribution in [2.75, 3.05) is 14.1 Å². The molecule has 0 heterocycles. The predicted molar refractivity (Wildman–Crippen MR) is 67.4 cm³/mol. The summed E-state index contributed by atoms with van der Waals surface area (Å²) in [4.78, 5) is 13.3. The van der Waals surface area contributed by atoms with E-state index in [-0.39, 0.29) is 11.3 Å². The topological polar surface area (TPSA) is 20.3 Å². The lowest BCUT2D eigenvalue weighted by molar-refractivity contribution is -0.117. The summed E-state index contributed by atoms with van der Waals surface area (Å²) in [6.45, 7) is 3.84. The van der Waals surface area contributed by atoms with E-state index in [4.69, 9.17) is 0 Å². The molecule has 0 saturated carbocycles. The van der Waals surface area contributed by atoms with Crippen LogP contribution in [0.1, 0.15) is 32.3 Å². The maximum atomic E-state index is 11.1. The fraction of sp³-hybridized carbons (Fsp3) is 0.500. The van der Waals surface area contributed by atoms with E-state index in [1.807, 2.05) is 18.2 Å². The van der Waals surface area contributed by atoms with E-state index in [1.54, 1.807) is 6.92 Å². The van der Waals surface area contributed by atoms with Gasteiger partial charge in [0, 0.05) is 12.0 Å². The Morgan fingerprint density at radius 2 is 1.81 bits per heavy atom. The number of ketones is 1. The molecule has 0 fully saturated rings. The van der Waals surface area contributed by atoms with E-state index in [0.717, 1.165) is 6.42 Å². The summed E-state index contributed by atoms with van der Waals surface area (Å²) in [5, 5.41) is 0. The quantitative estimate of drug-likeness (QED) is 0.759. The van der Waals surface area contributed by atoms with Crippen molar-refractivity contribution < 1.29 is 4.79 Å². The second kappa shape index (κ2) is 5.26. The van der Waals surface area contributed by atoms with Gasteiger partial charge in [0.2, 0.25) is 0 Å². The standard InChI is InChI=1S/C14H21NO/c1-12(16)10-11-14(2,15(3)4)13-8-6-5-7-9-13/h5-9H,10-11H2,1-4H3. The molecule has 1 atom stereocenters. The summed E-state index contributed by atoms with van der Waals surface area (Å²) in [6, 6.07) is 10.4. The first-order valence-corrected chi connectivity index (χ1v) is 5.69. The summed E-state index contributed by atoms with van der Waals surface area (Å²) < 4.78 is 0. The van der Waals surface area contributed by atoms with Gasteiger partial charge in [0.05, 0.1) is 0 Å². The SMILES string of the molecule is CC(=O)CCC(C)(c1ccccc1)N(C)C. The molecule has 1 unspecified atom stereocenters. The molecule has 0 spiro atoms. The molecular formula is C14H21NO. The first-order chi connectivity index (χ1) is 7.47. The Bertz CT molecular complexity index is 345. The van der Waals surface area contributed by atoms with E-state index >= 15 is 0 Å². The molecule has 0 aromatic heterocycles. The molecule has 0 amide bonds. The van der Waals surface area contributed by atoms with Gasteiger partial charge in [0.15, 0.2) is 0 Å². The smallest absolute Gasteiger partial charge is 0.129 e. The third kappa shape index (κ3) is 2.92. The van der Waals surface area contributed by atoms with Gasteiger partial charge in [-0.1, -0.05) is 30.3 Å². The molecule has 2 nitrogen and oxygen atoms in total. The van der Waals surface area contributed by atoms with Gasteiger partial charge in [-0.15, -0.1) is 0 Å². The maximum absolute atomic E-state index is 11.1. The molecule has 2 heteroatoms. The number of hydrogen-bond donors (Lipinski definition) is 0. The van der Waals surface area contributed by atoms with Crippen molar-refractivity contribution in [3.63, 3.8) is 0 Å². The summed E-state index contributed by atoms with van der Waals surface area (Å²) in [5.74, 6) is 0.254. The Balaban J connectivity index is 2.93. The third-order valence-electron chi connectivity index (χ3n) is 3.35. The number of Topliss-reactive ketones (excluding diaryl/α,β-unsaturated/α-hetero) is 1. The van der Waals surface area contributed by atoms with E-state index < -0.39 is 0 Å². The Labute approximate surface area is 98.3 Å². The molecule has 0 aliphatic rings. The third-order valence-corrected chi connectivity index (χ3v) is 3.35. The van der Waals surface area contributed by atoms with Crippen LogP contribution in [0.15, 0.2) is 30.3 Å². The molecule has 0 aliphatic heterocycles. The van der Waals surface area contributed by atoms with Crippen LogP contribution in [0.3, 0.4) is 0 Å². The average Bonchev–Trinajstić information content (AvgIpc) is 2.26. The lowest BCUT2D eigenvalue weighted by atomic mass is 9.85. The van der Waals surface area contributed by atoms with Crippen molar-refractivity contribution in [3.05, 3.63) is 35.9 Å². The van der Waals surface area contributed by atoms with Gasteiger partial charge in [-0.05, 0) is 39.9 Å². The van der Waals surface area contributed by atoms with Gasteiger partial charge in [0.1, 0.15) is 5.78 Å². The molecule has 1 aromatic carbocycles. The average molecular weight is 219 g/mol. The van der Waals surface area contributed by atoms with Crippen LogP contribution in [-0.2, 0) is 10.3 Å². The Morgan fingerprint density at radius 3 is 2.25 bits per heavy atom. The zero-order chi connectivity index (χ0) is 12.2. The van der Waals surface area contributed by atoms with Crippen LogP contribution in [0.25, 0.3) is 0 Å². The minimum absolute atomic E-state index is 0.0626. The normalized spacial score (nSPS) is 14.8. The zero-order valence-electron chi connectivity index (χ0n) is 10.7. The fourth-order valence-electron chi connectivity index (χ4n) is 1.84. The molecule has 0 N–H and O–H groups in total. The van der Waals surface area contributed by atoms with Crippen molar-refractivity contribution in [2.24, 2.45) is 0 Å². The van der Waals surface area contributed by atoms with E-state index in [2.05, 4.69) is 38.1 Å². The number of nitrogens with zero attached hydrogens (tertiary/aromatic N) is 1. The van der Waals surface area contributed by atoms with Crippen LogP contribution in [0.4, 0.5) is 0 Å². The monoisotopic (exact) mass is 219 g/mol. The molecule has 0 radical (unpaired) electrons. The van der Waals surface area contributed by atoms with E-state index in [1.165, 1.54) is 5.56 Å². The molecule has 16 heavy (non-hydrogen) atoms. The predicted octanol–water partition coefficient (Wildman–Crippen LogP) is 2.83. The number of hydrogen-bond acceptors (Lipinski definition) is 2. The second-order valence-corrected chi connectivity index (χ2v) is 4.74. The Kier molecular flexibility index (Phi) is 4.25. The summed E-state index contributed by atoms with van der Waals surface area (Å²) >= 11 is 0. The highest BCUT2D eigenvalue weighted by atomic mass is 16.1. The van der Waals surface area contributed by atoms with Crippen molar-refractivity contribution >= 4 is 5.78 Å². The molecule has 88 valence electrons. The number of rotatable bonds is 5. The zero-order valence-corrected chi connectivity index (χ0v) is 10.7. The lowest BCUT2D eigenvalue weighted by Gasteiger charge is -2.37. The molecular weight excluding hydrogens is 198 g/mol. The van der Waals surface area contributed by atoms with Crippen molar-refractivity contribution in [3.8, 4) is 0 Å². The van der Waals surface area contributed by atoms with Crippen LogP contribution >= 0.6 is 0 Å². The van der Waals surface area contributed by atoms with Crippen molar-refractivity contribution in [1.29, 1.82) is 0 Å². The Hall–Kier alpha value is -1.15. The highest BCUT2D eigenvalue weighted by Crippen LogP contribution is 2.30. The van der Waals surface area contributed by atoms with E-state index in [0.29, 0.717) is 6.42 Å². The lowest BCUT2D eigenvalue weighted by Crippen LogP contribution is -2.38. The van der Waals surface area contributed by atoms with Gasteiger partial charge >= 0.3 is 0 Å². The van der Waals surface area contributed by atoms with Crippen molar-refractivity contribution in [2.45, 2.75) is 32.2 Å². The van der Waals surface area contributed by atoms with Crippen LogP contribution in [0, 0.1) is 0 Å². The van der Waals surface area contributed by atoms with Gasteiger partial charge < -0.3 is 4.79 Å². The second-order valence-electron chi connectivity index (χ2n) is 4.74. The number of carbonyl (C=O) groups excluding carboxylic acids is 1. The Morgan fingerprint density at radius 1 is 1.25 bits per heavy atom. The maximum Gasteiger partial charge on any atom is 0.129 e. The summed E-state index contributed by atoms with van der Waals surface area (Å²) in [6.07, 6.45) is 1.49. The van der Waals surface area contributed by atoms with Gasteiger partial charge in [-0.3, -0.25) is 4.90 Å². The van der Waals surface area contributed by atoms with Crippen LogP contribution < -0.4 is 0 Å². The molecule has 1 rings (SSSR count). The van der Waals surface area contributed by atoms with E-state index in [9.17, 15) is 4.79 Å². The molecule has 0 saturated heterocycles. The van der Waals surface area contributed by atoms with Crippen LogP contribution in [0.2, 0.25) is 0 Å². The highest BCUT2D eigenvalue weighted by Gasteiger charge is 2.28. The van der Waals surface area contributed by atoms with Crippen LogP contribution in [0.5, 0.6) is 0 Å². The minimum atomic E-state index is -0.0626. The van der Waals surface area contributed by atoms with Crippen molar-refractivity contribution in [1.82, 2.24) is 4.90 Å². The van der Waals surface area contributed by atoms with Gasteiger partial charge in [-0.25, -0.2) is 0 Å². The molecule has 0 bridgehead atoms. The first-order valence-electron chi connectivity index (χ1n) is 5.69. The van der Waals surface area contributed by atoms with Crippen LogP contribution in [-0.4, -0.2) is 24.8 Å². The number of benzene rings is 1. The summed E-state index contributed by atoms with van der Waals surface area (Å²) in [7, 11) is 4.13. The minimum Gasteiger partial charge on any atom is -0.300 e. The highest BCUT2D eigenvalue weighted by molar-refractivity contribution is 5.75. The number of carbonyl (C=O) groups is 1. The fourth-order valence-corrected chi connectivity index (χ4v) is 1.84. The van der Waals surface area contributed by atoms with Gasteiger partial charge in [0.25, 0.3) is 0 Å². The largest absolute Gasteiger partial charge is 0.300 e. The molecule has 0 aliphatic carbocycles. The first kappa shape index (κ1) is 12.9.